The van der Waals surface area contributed by atoms with Crippen molar-refractivity contribution in [2.24, 2.45) is 7.05 Å². The van der Waals surface area contributed by atoms with E-state index in [1.54, 1.807) is 6.07 Å². The summed E-state index contributed by atoms with van der Waals surface area (Å²) < 4.78 is 3.24. The van der Waals surface area contributed by atoms with Crippen molar-refractivity contribution < 1.29 is 9.79 Å². The maximum atomic E-state index is 12.2. The minimum Gasteiger partial charge on any atom is -0.505 e. The number of nitrogens with one attached hydrogen (secondary N) is 1. The molecule has 0 bridgehead atoms. The second-order valence-electron chi connectivity index (χ2n) is 6.15. The topological polar surface area (TPSA) is 101 Å². The van der Waals surface area contributed by atoms with Gasteiger partial charge in [0.15, 0.2) is 18.6 Å². The van der Waals surface area contributed by atoms with Crippen LogP contribution in [0.1, 0.15) is 5.56 Å². The highest BCUT2D eigenvalue weighted by atomic mass is 16.3. The molecule has 2 N–H and O–H groups in total. The van der Waals surface area contributed by atoms with E-state index >= 15 is 0 Å². The van der Waals surface area contributed by atoms with Gasteiger partial charge in [-0.15, -0.1) is 4.68 Å². The molecule has 27 heavy (non-hydrogen) atoms. The number of hydrogen-bond acceptors (Lipinski definition) is 5. The van der Waals surface area contributed by atoms with E-state index in [2.05, 4.69) is 20.2 Å². The van der Waals surface area contributed by atoms with E-state index in [9.17, 15) is 9.90 Å². The summed E-state index contributed by atoms with van der Waals surface area (Å²) in [6, 6.07) is 10.8. The fraction of sp³-hybridized carbons (Fsp3) is 0.105. The molecule has 0 atom stereocenters. The zero-order valence-corrected chi connectivity index (χ0v) is 14.6. The van der Waals surface area contributed by atoms with Gasteiger partial charge in [0.1, 0.15) is 0 Å². The number of aryl methyl sites for hydroxylation is 1. The normalized spacial score (nSPS) is 10.9. The van der Waals surface area contributed by atoms with Crippen LogP contribution in [0.3, 0.4) is 0 Å². The molecular formula is C19H17N6O2+. The summed E-state index contributed by atoms with van der Waals surface area (Å²) in [5.41, 5.74) is 3.14. The number of aromatic nitrogens is 6. The van der Waals surface area contributed by atoms with E-state index in [1.165, 1.54) is 23.1 Å². The molecule has 0 fully saturated rings. The number of aromatic amines is 1. The molecular weight excluding hydrogens is 344 g/mol. The fourth-order valence-corrected chi connectivity index (χ4v) is 2.76. The second-order valence-corrected chi connectivity index (χ2v) is 6.15. The minimum atomic E-state index is -0.176. The molecule has 0 saturated heterocycles. The lowest BCUT2D eigenvalue weighted by Crippen LogP contribution is -2.28. The zero-order chi connectivity index (χ0) is 18.8. The maximum absolute atomic E-state index is 12.2. The third-order valence-corrected chi connectivity index (χ3v) is 4.07. The highest BCUT2D eigenvalue weighted by Crippen LogP contribution is 2.18. The maximum Gasteiger partial charge on any atom is 0.267 e. The number of rotatable bonds is 4. The number of nitrogens with zero attached hydrogens (tertiary/aromatic N) is 5. The van der Waals surface area contributed by atoms with Gasteiger partial charge in [-0.05, 0) is 17.7 Å². The largest absolute Gasteiger partial charge is 0.505 e. The third-order valence-electron chi connectivity index (χ3n) is 4.07. The molecule has 4 aromatic rings. The van der Waals surface area contributed by atoms with Crippen molar-refractivity contribution in [3.8, 4) is 28.4 Å². The molecule has 0 unspecified atom stereocenters. The molecule has 0 amide bonds. The summed E-state index contributed by atoms with van der Waals surface area (Å²) in [6.45, 7) is 0.329. The Balaban J connectivity index is 1.65. The van der Waals surface area contributed by atoms with Gasteiger partial charge in [-0.2, -0.15) is 10.2 Å². The third kappa shape index (κ3) is 3.59. The average Bonchev–Trinajstić information content (AvgIpc) is 3.11. The molecule has 8 heteroatoms. The van der Waals surface area contributed by atoms with Crippen molar-refractivity contribution in [1.29, 1.82) is 0 Å². The van der Waals surface area contributed by atoms with Gasteiger partial charge in [0, 0.05) is 11.6 Å². The first kappa shape index (κ1) is 16.6. The molecule has 1 aromatic carbocycles. The summed E-state index contributed by atoms with van der Waals surface area (Å²) in [6.07, 6.45) is 6.43. The quantitative estimate of drug-likeness (QED) is 0.533. The Labute approximate surface area is 154 Å². The van der Waals surface area contributed by atoms with Gasteiger partial charge < -0.3 is 5.11 Å². The van der Waals surface area contributed by atoms with Crippen molar-refractivity contribution in [2.75, 3.05) is 0 Å². The van der Waals surface area contributed by atoms with E-state index in [0.717, 1.165) is 16.7 Å². The Morgan fingerprint density at radius 1 is 1.15 bits per heavy atom. The second kappa shape index (κ2) is 6.83. The summed E-state index contributed by atoms with van der Waals surface area (Å²) in [7, 11) is 1.89. The number of aromatic hydroxyl groups is 1. The van der Waals surface area contributed by atoms with Crippen LogP contribution in [0.4, 0.5) is 0 Å². The van der Waals surface area contributed by atoms with Gasteiger partial charge in [-0.3, -0.25) is 4.79 Å². The van der Waals surface area contributed by atoms with Crippen LogP contribution in [0, 0.1) is 0 Å². The van der Waals surface area contributed by atoms with Crippen LogP contribution in [0.5, 0.6) is 5.75 Å². The highest BCUT2D eigenvalue weighted by molar-refractivity contribution is 5.56. The summed E-state index contributed by atoms with van der Waals surface area (Å²) in [5, 5.41) is 16.8. The number of benzene rings is 1. The first-order chi connectivity index (χ1) is 13.1. The Morgan fingerprint density at radius 2 is 1.96 bits per heavy atom. The van der Waals surface area contributed by atoms with Crippen LogP contribution >= 0.6 is 0 Å². The van der Waals surface area contributed by atoms with Crippen LogP contribution in [0.25, 0.3) is 22.6 Å². The van der Waals surface area contributed by atoms with Crippen molar-refractivity contribution in [2.45, 2.75) is 6.54 Å². The molecule has 0 saturated carbocycles. The van der Waals surface area contributed by atoms with E-state index in [1.807, 2.05) is 48.4 Å². The van der Waals surface area contributed by atoms with Gasteiger partial charge in [0.05, 0.1) is 36.4 Å². The molecule has 3 heterocycles. The molecule has 0 aliphatic rings. The van der Waals surface area contributed by atoms with Crippen LogP contribution in [0.2, 0.25) is 0 Å². The lowest BCUT2D eigenvalue weighted by Gasteiger charge is -2.07. The molecule has 0 radical (unpaired) electrons. The van der Waals surface area contributed by atoms with Crippen molar-refractivity contribution in [3.63, 3.8) is 0 Å². The smallest absolute Gasteiger partial charge is 0.267 e. The molecule has 134 valence electrons. The van der Waals surface area contributed by atoms with Crippen molar-refractivity contribution >= 4 is 0 Å². The van der Waals surface area contributed by atoms with Crippen molar-refractivity contribution in [3.05, 3.63) is 77.1 Å². The Kier molecular flexibility index (Phi) is 4.21. The fourth-order valence-electron chi connectivity index (χ4n) is 2.76. The number of H-pyrrole nitrogens is 1. The molecule has 4 rings (SSSR count). The first-order valence-corrected chi connectivity index (χ1v) is 8.31. The van der Waals surface area contributed by atoms with Crippen molar-refractivity contribution in [1.82, 2.24) is 24.8 Å². The Bertz CT molecular complexity index is 1150. The van der Waals surface area contributed by atoms with Crippen LogP contribution in [-0.2, 0) is 13.6 Å². The molecule has 3 aromatic heterocycles. The van der Waals surface area contributed by atoms with Gasteiger partial charge in [0.25, 0.3) is 5.56 Å². The van der Waals surface area contributed by atoms with E-state index in [4.69, 9.17) is 0 Å². The van der Waals surface area contributed by atoms with E-state index < -0.39 is 0 Å². The van der Waals surface area contributed by atoms with Gasteiger partial charge in [-0.1, -0.05) is 18.2 Å². The molecule has 0 spiro atoms. The van der Waals surface area contributed by atoms with Crippen LogP contribution in [-0.4, -0.2) is 30.0 Å². The summed E-state index contributed by atoms with van der Waals surface area (Å²) in [4.78, 5) is 20.5. The minimum absolute atomic E-state index is 0.0145. The van der Waals surface area contributed by atoms with Gasteiger partial charge in [0.2, 0.25) is 6.20 Å². The van der Waals surface area contributed by atoms with Crippen LogP contribution < -0.4 is 10.2 Å². The standard InChI is InChI=1S/C19H16N6O2/c1-24-12-15(8-22-24)17-5-6-18(27)25(23-17)11-13-3-2-4-14(7-13)19-20-9-16(26)10-21-19/h2-10,12,26H,11H2,1H3/p+1. The first-order valence-electron chi connectivity index (χ1n) is 8.31. The Hall–Kier alpha value is -3.81. The van der Waals surface area contributed by atoms with Crippen LogP contribution in [0.15, 0.2) is 66.0 Å². The highest BCUT2D eigenvalue weighted by Gasteiger charge is 2.10. The summed E-state index contributed by atoms with van der Waals surface area (Å²) >= 11 is 0. The average molecular weight is 361 g/mol. The number of hydrogen-bond donors (Lipinski definition) is 2. The predicted molar refractivity (Wildman–Crippen MR) is 97.7 cm³/mol. The zero-order valence-electron chi connectivity index (χ0n) is 14.6. The Morgan fingerprint density at radius 3 is 2.70 bits per heavy atom. The monoisotopic (exact) mass is 361 g/mol. The SMILES string of the molecule is C[n+]1cc(-c2ccc(=O)n(Cc3cccc(-c4ncc(O)cn4)c3)n2)c[nH]1. The van der Waals surface area contributed by atoms with Gasteiger partial charge in [-0.25, -0.2) is 14.6 Å². The molecule has 0 aliphatic heterocycles. The summed E-state index contributed by atoms with van der Waals surface area (Å²) in [5.74, 6) is 0.518. The lowest BCUT2D eigenvalue weighted by atomic mass is 10.1. The predicted octanol–water partition coefficient (Wildman–Crippen LogP) is 1.27. The van der Waals surface area contributed by atoms with E-state index in [-0.39, 0.29) is 11.3 Å². The van der Waals surface area contributed by atoms with E-state index in [0.29, 0.717) is 18.1 Å². The lowest BCUT2D eigenvalue weighted by molar-refractivity contribution is -0.726. The van der Waals surface area contributed by atoms with Gasteiger partial charge >= 0.3 is 0 Å². The molecule has 0 aliphatic carbocycles. The molecule has 8 nitrogen and oxygen atoms in total.